The highest BCUT2D eigenvalue weighted by molar-refractivity contribution is 5.87. The van der Waals surface area contributed by atoms with E-state index in [0.717, 1.165) is 6.08 Å². The van der Waals surface area contributed by atoms with Crippen LogP contribution in [0.1, 0.15) is 12.5 Å². The smallest absolute Gasteiger partial charge is 0.463 e. The summed E-state index contributed by atoms with van der Waals surface area (Å²) in [5.41, 5.74) is 0.407. The van der Waals surface area contributed by atoms with Gasteiger partial charge in [-0.05, 0) is 30.7 Å². The lowest BCUT2D eigenvalue weighted by molar-refractivity contribution is -0.274. The van der Waals surface area contributed by atoms with E-state index in [-0.39, 0.29) is 12.4 Å². The maximum Gasteiger partial charge on any atom is 0.573 e. The van der Waals surface area contributed by atoms with E-state index in [1.165, 1.54) is 24.3 Å². The van der Waals surface area contributed by atoms with Crippen molar-refractivity contribution >= 4 is 12.0 Å². The second-order valence-corrected chi connectivity index (χ2v) is 3.21. The predicted octanol–water partition coefficient (Wildman–Crippen LogP) is 3.16. The van der Waals surface area contributed by atoms with Gasteiger partial charge in [0.25, 0.3) is 0 Å². The van der Waals surface area contributed by atoms with Crippen LogP contribution in [0.2, 0.25) is 0 Å². The van der Waals surface area contributed by atoms with Gasteiger partial charge in [0.2, 0.25) is 0 Å². The summed E-state index contributed by atoms with van der Waals surface area (Å²) in [4.78, 5) is 11.0. The summed E-state index contributed by atoms with van der Waals surface area (Å²) in [5.74, 6) is -0.895. The topological polar surface area (TPSA) is 35.5 Å². The van der Waals surface area contributed by atoms with E-state index >= 15 is 0 Å². The minimum atomic E-state index is -4.73. The van der Waals surface area contributed by atoms with Crippen molar-refractivity contribution < 1.29 is 27.4 Å². The molecule has 98 valence electrons. The molecule has 0 fully saturated rings. The number of carbonyl (C=O) groups is 1. The third-order valence-electron chi connectivity index (χ3n) is 1.79. The number of hydrogen-bond donors (Lipinski definition) is 0. The zero-order valence-electron chi connectivity index (χ0n) is 9.53. The summed E-state index contributed by atoms with van der Waals surface area (Å²) < 4.78 is 44.3. The molecule has 0 radical (unpaired) electrons. The van der Waals surface area contributed by atoms with Crippen LogP contribution < -0.4 is 4.74 Å². The number of rotatable bonds is 4. The molecule has 1 rings (SSSR count). The number of ether oxygens (including phenoxy) is 2. The molecular formula is C12H11F3O3. The maximum atomic E-state index is 12.0. The number of carbonyl (C=O) groups excluding carboxylic acids is 1. The zero-order valence-corrected chi connectivity index (χ0v) is 9.53. The Kier molecular flexibility index (Phi) is 4.76. The van der Waals surface area contributed by atoms with Crippen LogP contribution >= 0.6 is 0 Å². The molecule has 0 spiro atoms. The van der Waals surface area contributed by atoms with Gasteiger partial charge in [0.05, 0.1) is 6.61 Å². The minimum absolute atomic E-state index is 0.237. The van der Waals surface area contributed by atoms with Crippen LogP contribution in [0.3, 0.4) is 0 Å². The van der Waals surface area contributed by atoms with Crippen molar-refractivity contribution in [2.75, 3.05) is 6.61 Å². The van der Waals surface area contributed by atoms with Crippen molar-refractivity contribution in [3.05, 3.63) is 35.9 Å². The SMILES string of the molecule is CCOC(=O)/C=C/c1cccc(OC(F)(F)F)c1. The number of esters is 1. The molecule has 0 saturated carbocycles. The average Bonchev–Trinajstić information content (AvgIpc) is 2.25. The molecule has 6 heteroatoms. The Hall–Kier alpha value is -1.98. The molecule has 0 aliphatic carbocycles. The first-order chi connectivity index (χ1) is 8.40. The van der Waals surface area contributed by atoms with Crippen LogP contribution in [0.4, 0.5) is 13.2 Å². The molecular weight excluding hydrogens is 249 g/mol. The van der Waals surface area contributed by atoms with Gasteiger partial charge >= 0.3 is 12.3 Å². The molecule has 1 aromatic carbocycles. The fourth-order valence-corrected chi connectivity index (χ4v) is 1.17. The summed E-state index contributed by atoms with van der Waals surface area (Å²) in [6, 6.07) is 5.28. The first kappa shape index (κ1) is 14.1. The Balaban J connectivity index is 2.73. The largest absolute Gasteiger partial charge is 0.573 e. The number of alkyl halides is 3. The maximum absolute atomic E-state index is 12.0. The fraction of sp³-hybridized carbons (Fsp3) is 0.250. The van der Waals surface area contributed by atoms with Gasteiger partial charge < -0.3 is 9.47 Å². The standard InChI is InChI=1S/C12H11F3O3/c1-2-17-11(16)7-6-9-4-3-5-10(8-9)18-12(13,14)15/h3-8H,2H2,1H3/b7-6+. The molecule has 0 aliphatic heterocycles. The third kappa shape index (κ3) is 5.38. The monoisotopic (exact) mass is 260 g/mol. The lowest BCUT2D eigenvalue weighted by Crippen LogP contribution is -2.17. The molecule has 0 saturated heterocycles. The second kappa shape index (κ2) is 6.09. The van der Waals surface area contributed by atoms with Gasteiger partial charge in [-0.2, -0.15) is 0 Å². The summed E-state index contributed by atoms with van der Waals surface area (Å²) in [7, 11) is 0. The molecule has 0 aliphatic rings. The van der Waals surface area contributed by atoms with Crippen molar-refractivity contribution in [2.24, 2.45) is 0 Å². The molecule has 0 amide bonds. The molecule has 0 bridgehead atoms. The van der Waals surface area contributed by atoms with E-state index in [2.05, 4.69) is 9.47 Å². The minimum Gasteiger partial charge on any atom is -0.463 e. The van der Waals surface area contributed by atoms with Crippen LogP contribution in [0.15, 0.2) is 30.3 Å². The van der Waals surface area contributed by atoms with Gasteiger partial charge in [-0.1, -0.05) is 12.1 Å². The van der Waals surface area contributed by atoms with E-state index < -0.39 is 12.3 Å². The highest BCUT2D eigenvalue weighted by Gasteiger charge is 2.30. The van der Waals surface area contributed by atoms with Crippen LogP contribution in [-0.2, 0) is 9.53 Å². The summed E-state index contributed by atoms with van der Waals surface area (Å²) >= 11 is 0. The molecule has 1 aromatic rings. The van der Waals surface area contributed by atoms with Crippen molar-refractivity contribution in [1.29, 1.82) is 0 Å². The van der Waals surface area contributed by atoms with Crippen LogP contribution in [0, 0.1) is 0 Å². The highest BCUT2D eigenvalue weighted by Crippen LogP contribution is 2.23. The summed E-state index contributed by atoms with van der Waals surface area (Å²) in [5, 5.41) is 0. The molecule has 3 nitrogen and oxygen atoms in total. The van der Waals surface area contributed by atoms with Crippen molar-refractivity contribution in [2.45, 2.75) is 13.3 Å². The Bertz CT molecular complexity index is 438. The van der Waals surface area contributed by atoms with Crippen molar-refractivity contribution in [3.63, 3.8) is 0 Å². The van der Waals surface area contributed by atoms with Crippen LogP contribution in [0.5, 0.6) is 5.75 Å². The highest BCUT2D eigenvalue weighted by atomic mass is 19.4. The Labute approximate surface area is 102 Å². The van der Waals surface area contributed by atoms with Gasteiger partial charge in [-0.25, -0.2) is 4.79 Å². The van der Waals surface area contributed by atoms with E-state index in [1.54, 1.807) is 13.0 Å². The van der Waals surface area contributed by atoms with E-state index in [0.29, 0.717) is 5.56 Å². The Morgan fingerprint density at radius 2 is 2.11 bits per heavy atom. The lowest BCUT2D eigenvalue weighted by atomic mass is 10.2. The summed E-state index contributed by atoms with van der Waals surface area (Å²) in [6.07, 6.45) is -2.25. The van der Waals surface area contributed by atoms with Gasteiger partial charge in [-0.3, -0.25) is 0 Å². The molecule has 18 heavy (non-hydrogen) atoms. The fourth-order valence-electron chi connectivity index (χ4n) is 1.17. The Morgan fingerprint density at radius 1 is 1.39 bits per heavy atom. The van der Waals surface area contributed by atoms with Gasteiger partial charge in [0.15, 0.2) is 0 Å². The van der Waals surface area contributed by atoms with Crippen molar-refractivity contribution in [1.82, 2.24) is 0 Å². The summed E-state index contributed by atoms with van der Waals surface area (Å²) in [6.45, 7) is 1.89. The first-order valence-corrected chi connectivity index (χ1v) is 5.11. The molecule has 0 unspecified atom stereocenters. The predicted molar refractivity (Wildman–Crippen MR) is 58.8 cm³/mol. The zero-order chi connectivity index (χ0) is 13.6. The normalized spacial score (nSPS) is 11.6. The van der Waals surface area contributed by atoms with E-state index in [1.807, 2.05) is 0 Å². The molecule has 0 heterocycles. The van der Waals surface area contributed by atoms with Crippen molar-refractivity contribution in [3.8, 4) is 5.75 Å². The third-order valence-corrected chi connectivity index (χ3v) is 1.79. The van der Waals surface area contributed by atoms with Crippen LogP contribution in [0.25, 0.3) is 6.08 Å². The number of hydrogen-bond acceptors (Lipinski definition) is 3. The van der Waals surface area contributed by atoms with E-state index in [9.17, 15) is 18.0 Å². The van der Waals surface area contributed by atoms with Gasteiger partial charge in [-0.15, -0.1) is 13.2 Å². The Morgan fingerprint density at radius 3 is 2.72 bits per heavy atom. The number of benzene rings is 1. The second-order valence-electron chi connectivity index (χ2n) is 3.21. The van der Waals surface area contributed by atoms with Gasteiger partial charge in [0.1, 0.15) is 5.75 Å². The van der Waals surface area contributed by atoms with Gasteiger partial charge in [0, 0.05) is 6.08 Å². The lowest BCUT2D eigenvalue weighted by Gasteiger charge is -2.08. The van der Waals surface area contributed by atoms with Crippen LogP contribution in [-0.4, -0.2) is 18.9 Å². The molecule has 0 aromatic heterocycles. The quantitative estimate of drug-likeness (QED) is 0.616. The molecule has 0 N–H and O–H groups in total. The molecule has 0 atom stereocenters. The van der Waals surface area contributed by atoms with E-state index in [4.69, 9.17) is 0 Å². The number of halogens is 3. The average molecular weight is 260 g/mol. The first-order valence-electron chi connectivity index (χ1n) is 5.11.